The zero-order valence-electron chi connectivity index (χ0n) is 16.2. The summed E-state index contributed by atoms with van der Waals surface area (Å²) in [6, 6.07) is 9.95. The summed E-state index contributed by atoms with van der Waals surface area (Å²) < 4.78 is 28.8. The van der Waals surface area contributed by atoms with Crippen molar-refractivity contribution in [2.75, 3.05) is 20.1 Å². The number of aryl methyl sites for hydroxylation is 1. The largest absolute Gasteiger partial charge is 0.353 e. The van der Waals surface area contributed by atoms with Gasteiger partial charge >= 0.3 is 0 Å². The van der Waals surface area contributed by atoms with Crippen LogP contribution < -0.4 is 0 Å². The zero-order valence-corrected chi connectivity index (χ0v) is 17.8. The molecule has 6 nitrogen and oxygen atoms in total. The lowest BCUT2D eigenvalue weighted by Gasteiger charge is -2.32. The second-order valence-electron chi connectivity index (χ2n) is 7.21. The highest BCUT2D eigenvalue weighted by Gasteiger charge is 2.31. The Morgan fingerprint density at radius 3 is 2.54 bits per heavy atom. The predicted molar refractivity (Wildman–Crippen MR) is 110 cm³/mol. The Bertz CT molecular complexity index is 924. The molecule has 1 amide bonds. The molecule has 0 spiro atoms. The average molecular weight is 424 g/mol. The summed E-state index contributed by atoms with van der Waals surface area (Å²) in [5.41, 5.74) is 1.08. The van der Waals surface area contributed by atoms with E-state index in [9.17, 15) is 13.2 Å². The molecule has 3 rings (SSSR count). The number of carbonyl (C=O) groups is 1. The van der Waals surface area contributed by atoms with Crippen LogP contribution in [-0.4, -0.2) is 48.2 Å². The normalized spacial score (nSPS) is 18.3. The van der Waals surface area contributed by atoms with E-state index < -0.39 is 10.0 Å². The molecule has 1 aromatic carbocycles. The zero-order chi connectivity index (χ0) is 20.3. The fraction of sp³-hybridized carbons (Fsp3) is 0.450. The van der Waals surface area contributed by atoms with Crippen molar-refractivity contribution in [1.82, 2.24) is 13.8 Å². The van der Waals surface area contributed by atoms with Crippen LogP contribution in [0.1, 0.15) is 37.4 Å². The summed E-state index contributed by atoms with van der Waals surface area (Å²) >= 11 is 5.85. The molecule has 0 N–H and O–H groups in total. The van der Waals surface area contributed by atoms with Gasteiger partial charge in [0.15, 0.2) is 0 Å². The predicted octanol–water partition coefficient (Wildman–Crippen LogP) is 3.44. The van der Waals surface area contributed by atoms with Crippen molar-refractivity contribution in [3.63, 3.8) is 0 Å². The van der Waals surface area contributed by atoms with Gasteiger partial charge in [-0.25, -0.2) is 8.42 Å². The van der Waals surface area contributed by atoms with Gasteiger partial charge in [-0.2, -0.15) is 4.31 Å². The lowest BCUT2D eigenvalue weighted by Crippen LogP contribution is -2.43. The van der Waals surface area contributed by atoms with Crippen molar-refractivity contribution in [3.8, 4) is 0 Å². The van der Waals surface area contributed by atoms with Crippen molar-refractivity contribution in [2.24, 2.45) is 7.05 Å². The number of hydrogen-bond donors (Lipinski definition) is 0. The molecule has 28 heavy (non-hydrogen) atoms. The fourth-order valence-corrected chi connectivity index (χ4v) is 4.93. The van der Waals surface area contributed by atoms with Crippen LogP contribution in [0, 0.1) is 0 Å². The molecule has 0 radical (unpaired) electrons. The second-order valence-corrected chi connectivity index (χ2v) is 9.69. The molecule has 1 fully saturated rings. The molecular formula is C20H26ClN3O3S. The van der Waals surface area contributed by atoms with Crippen molar-refractivity contribution in [3.05, 3.63) is 53.3 Å². The number of amides is 1. The van der Waals surface area contributed by atoms with E-state index in [1.54, 1.807) is 0 Å². The number of carbonyl (C=O) groups excluding carboxylic acids is 1. The van der Waals surface area contributed by atoms with Crippen LogP contribution in [0.2, 0.25) is 5.02 Å². The van der Waals surface area contributed by atoms with Gasteiger partial charge in [-0.1, -0.05) is 24.4 Å². The van der Waals surface area contributed by atoms with Gasteiger partial charge in [-0.15, -0.1) is 0 Å². The number of rotatable bonds is 5. The first-order valence-electron chi connectivity index (χ1n) is 9.43. The van der Waals surface area contributed by atoms with Gasteiger partial charge in [-0.05, 0) is 49.2 Å². The number of benzene rings is 1. The van der Waals surface area contributed by atoms with Crippen LogP contribution in [0.15, 0.2) is 47.5 Å². The van der Waals surface area contributed by atoms with Gasteiger partial charge in [-0.3, -0.25) is 4.79 Å². The summed E-state index contributed by atoms with van der Waals surface area (Å²) in [4.78, 5) is 15.1. The van der Waals surface area contributed by atoms with Crippen LogP contribution in [-0.2, 0) is 21.9 Å². The Labute approximate surface area is 171 Å². The Morgan fingerprint density at radius 2 is 1.89 bits per heavy atom. The third-order valence-electron chi connectivity index (χ3n) is 5.28. The van der Waals surface area contributed by atoms with E-state index in [4.69, 9.17) is 11.6 Å². The highest BCUT2D eigenvalue weighted by molar-refractivity contribution is 7.89. The van der Waals surface area contributed by atoms with E-state index in [1.807, 2.05) is 34.8 Å². The molecule has 1 atom stereocenters. The molecule has 0 bridgehead atoms. The smallest absolute Gasteiger partial charge is 0.243 e. The van der Waals surface area contributed by atoms with Crippen LogP contribution in [0.4, 0.5) is 0 Å². The van der Waals surface area contributed by atoms with Gasteiger partial charge in [0, 0.05) is 37.6 Å². The first-order chi connectivity index (χ1) is 13.3. The molecule has 1 saturated heterocycles. The molecule has 2 aromatic rings. The van der Waals surface area contributed by atoms with Gasteiger partial charge < -0.3 is 9.47 Å². The number of sulfonamides is 1. The van der Waals surface area contributed by atoms with E-state index >= 15 is 0 Å². The quantitative estimate of drug-likeness (QED) is 0.740. The van der Waals surface area contributed by atoms with Crippen molar-refractivity contribution < 1.29 is 13.2 Å². The Hall–Kier alpha value is -1.83. The van der Waals surface area contributed by atoms with Crippen LogP contribution in [0.5, 0.6) is 0 Å². The summed E-state index contributed by atoms with van der Waals surface area (Å²) in [5, 5.41) is 0.465. The third kappa shape index (κ3) is 4.42. The summed E-state index contributed by atoms with van der Waals surface area (Å²) in [7, 11) is -0.342. The van der Waals surface area contributed by atoms with E-state index in [0.29, 0.717) is 11.6 Å². The Balaban J connectivity index is 1.79. The number of halogens is 1. The maximum Gasteiger partial charge on any atom is 0.243 e. The minimum Gasteiger partial charge on any atom is -0.353 e. The van der Waals surface area contributed by atoms with Gasteiger partial charge in [0.1, 0.15) is 0 Å². The number of likely N-dealkylation sites (N-methyl/N-ethyl adjacent to an activating group) is 1. The molecule has 0 aliphatic carbocycles. The molecule has 152 valence electrons. The minimum absolute atomic E-state index is 0.0263. The molecule has 0 saturated carbocycles. The molecule has 1 aliphatic heterocycles. The maximum atomic E-state index is 13.1. The standard InChI is InChI=1S/C20H26ClN3O3S/c1-22-13-6-8-18(22)19-7-4-3-5-14-24(19)20(25)15-23(2)28(26,27)17-11-9-16(21)10-12-17/h6,8-13,19H,3-5,7,14-15H2,1-2H3/t19-/m0/s1. The lowest BCUT2D eigenvalue weighted by atomic mass is 10.1. The molecule has 1 aromatic heterocycles. The number of hydrogen-bond acceptors (Lipinski definition) is 3. The van der Waals surface area contributed by atoms with Crippen molar-refractivity contribution in [1.29, 1.82) is 0 Å². The van der Waals surface area contributed by atoms with Crippen molar-refractivity contribution >= 4 is 27.5 Å². The van der Waals surface area contributed by atoms with Crippen molar-refractivity contribution in [2.45, 2.75) is 36.6 Å². The minimum atomic E-state index is -3.76. The Morgan fingerprint density at radius 1 is 1.18 bits per heavy atom. The molecular weight excluding hydrogens is 398 g/mol. The van der Waals surface area contributed by atoms with Crippen LogP contribution in [0.3, 0.4) is 0 Å². The second kappa shape index (κ2) is 8.68. The Kier molecular flexibility index (Phi) is 6.47. The highest BCUT2D eigenvalue weighted by Crippen LogP contribution is 2.30. The van der Waals surface area contributed by atoms with Gasteiger partial charge in [0.25, 0.3) is 0 Å². The monoisotopic (exact) mass is 423 g/mol. The SMILES string of the molecule is CN(CC(=O)N1CCCCC[C@H]1c1cccn1C)S(=O)(=O)c1ccc(Cl)cc1. The lowest BCUT2D eigenvalue weighted by molar-refractivity contribution is -0.133. The summed E-state index contributed by atoms with van der Waals surface area (Å²) in [6.07, 6.45) is 5.92. The van der Waals surface area contributed by atoms with E-state index in [2.05, 4.69) is 0 Å². The molecule has 8 heteroatoms. The topological polar surface area (TPSA) is 62.6 Å². The fourth-order valence-electron chi connectivity index (χ4n) is 3.69. The van der Waals surface area contributed by atoms with Gasteiger partial charge in [0.2, 0.25) is 15.9 Å². The summed E-state index contributed by atoms with van der Waals surface area (Å²) in [6.45, 7) is 0.454. The van der Waals surface area contributed by atoms with Crippen LogP contribution >= 0.6 is 11.6 Å². The summed E-state index contributed by atoms with van der Waals surface area (Å²) in [5.74, 6) is -0.173. The molecule has 0 unspecified atom stereocenters. The number of likely N-dealkylation sites (tertiary alicyclic amines) is 1. The number of aromatic nitrogens is 1. The van der Waals surface area contributed by atoms with E-state index in [1.165, 1.54) is 31.3 Å². The van der Waals surface area contributed by atoms with E-state index in [-0.39, 0.29) is 23.4 Å². The number of nitrogens with zero attached hydrogens (tertiary/aromatic N) is 3. The molecule has 2 heterocycles. The average Bonchev–Trinajstić information content (AvgIpc) is 2.93. The third-order valence-corrected chi connectivity index (χ3v) is 7.35. The first kappa shape index (κ1) is 20.9. The maximum absolute atomic E-state index is 13.1. The van der Waals surface area contributed by atoms with E-state index in [0.717, 1.165) is 35.7 Å². The highest BCUT2D eigenvalue weighted by atomic mass is 35.5. The molecule has 1 aliphatic rings. The van der Waals surface area contributed by atoms with Crippen LogP contribution in [0.25, 0.3) is 0 Å². The van der Waals surface area contributed by atoms with Gasteiger partial charge in [0.05, 0.1) is 17.5 Å². The first-order valence-corrected chi connectivity index (χ1v) is 11.2.